The molecular formula is C11H17N5O. The molecule has 2 rings (SSSR count). The third-order valence-corrected chi connectivity index (χ3v) is 2.89. The van der Waals surface area contributed by atoms with Crippen molar-refractivity contribution in [2.75, 3.05) is 18.0 Å². The summed E-state index contributed by atoms with van der Waals surface area (Å²) in [5, 5.41) is 11.4. The van der Waals surface area contributed by atoms with E-state index in [9.17, 15) is 0 Å². The predicted molar refractivity (Wildman–Crippen MR) is 65.2 cm³/mol. The highest BCUT2D eigenvalue weighted by atomic mass is 16.4. The van der Waals surface area contributed by atoms with Crippen LogP contribution < -0.4 is 10.6 Å². The number of amidine groups is 1. The lowest BCUT2D eigenvalue weighted by Gasteiger charge is -2.21. The smallest absolute Gasteiger partial charge is 0.190 e. The minimum Gasteiger partial charge on any atom is -0.409 e. The Labute approximate surface area is 100 Å². The van der Waals surface area contributed by atoms with Gasteiger partial charge in [0.25, 0.3) is 0 Å². The number of hydrogen-bond donors (Lipinski definition) is 2. The summed E-state index contributed by atoms with van der Waals surface area (Å²) in [7, 11) is 0. The molecular weight excluding hydrogens is 218 g/mol. The Hall–Kier alpha value is -1.85. The summed E-state index contributed by atoms with van der Waals surface area (Å²) < 4.78 is 0. The Kier molecular flexibility index (Phi) is 3.41. The molecule has 1 aromatic rings. The van der Waals surface area contributed by atoms with Gasteiger partial charge in [-0.1, -0.05) is 5.16 Å². The van der Waals surface area contributed by atoms with E-state index < -0.39 is 0 Å². The van der Waals surface area contributed by atoms with Crippen molar-refractivity contribution in [2.45, 2.75) is 19.8 Å². The molecule has 6 nitrogen and oxygen atoms in total. The zero-order valence-corrected chi connectivity index (χ0v) is 9.87. The fourth-order valence-corrected chi connectivity index (χ4v) is 1.66. The van der Waals surface area contributed by atoms with Crippen LogP contribution in [0.15, 0.2) is 17.5 Å². The van der Waals surface area contributed by atoms with Gasteiger partial charge in [-0.25, -0.2) is 9.97 Å². The molecule has 0 amide bonds. The van der Waals surface area contributed by atoms with Crippen molar-refractivity contribution in [1.82, 2.24) is 9.97 Å². The van der Waals surface area contributed by atoms with Crippen LogP contribution in [0.2, 0.25) is 0 Å². The van der Waals surface area contributed by atoms with Crippen molar-refractivity contribution >= 4 is 11.7 Å². The molecule has 0 aromatic carbocycles. The average molecular weight is 235 g/mol. The maximum absolute atomic E-state index is 8.52. The molecule has 1 heterocycles. The van der Waals surface area contributed by atoms with Gasteiger partial charge < -0.3 is 15.8 Å². The van der Waals surface area contributed by atoms with Gasteiger partial charge in [0.2, 0.25) is 0 Å². The second-order valence-corrected chi connectivity index (χ2v) is 4.23. The molecule has 0 radical (unpaired) electrons. The first-order chi connectivity index (χ1) is 8.24. The first-order valence-electron chi connectivity index (χ1n) is 5.79. The summed E-state index contributed by atoms with van der Waals surface area (Å²) in [6.07, 6.45) is 5.82. The number of aromatic nitrogens is 2. The van der Waals surface area contributed by atoms with E-state index in [1.165, 1.54) is 19.0 Å². The molecule has 0 bridgehead atoms. The van der Waals surface area contributed by atoms with Crippen molar-refractivity contribution in [3.05, 3.63) is 18.1 Å². The average Bonchev–Trinajstić information content (AvgIpc) is 3.19. The van der Waals surface area contributed by atoms with E-state index in [0.717, 1.165) is 24.8 Å². The number of nitrogens with two attached hydrogens (primary N) is 1. The van der Waals surface area contributed by atoms with Gasteiger partial charge in [-0.3, -0.25) is 0 Å². The lowest BCUT2D eigenvalue weighted by atomic mass is 10.3. The molecule has 1 saturated carbocycles. The van der Waals surface area contributed by atoms with E-state index in [1.54, 1.807) is 6.20 Å². The SMILES string of the molecule is CCN(CC1CC1)c1cnc(C(N)=NO)cn1. The predicted octanol–water partition coefficient (Wildman–Crippen LogP) is 0.807. The second-order valence-electron chi connectivity index (χ2n) is 4.23. The minimum absolute atomic E-state index is 0.0192. The Balaban J connectivity index is 2.09. The molecule has 3 N–H and O–H groups in total. The van der Waals surface area contributed by atoms with E-state index in [2.05, 4.69) is 26.9 Å². The highest BCUT2D eigenvalue weighted by molar-refractivity contribution is 5.94. The molecule has 17 heavy (non-hydrogen) atoms. The molecule has 6 heteroatoms. The highest BCUT2D eigenvalue weighted by Crippen LogP contribution is 2.30. The lowest BCUT2D eigenvalue weighted by Crippen LogP contribution is -2.26. The molecule has 0 spiro atoms. The summed E-state index contributed by atoms with van der Waals surface area (Å²) in [6.45, 7) is 4.05. The normalized spacial score (nSPS) is 15.9. The molecule has 1 aliphatic carbocycles. The van der Waals surface area contributed by atoms with Crippen molar-refractivity contribution in [1.29, 1.82) is 0 Å². The van der Waals surface area contributed by atoms with Crippen LogP contribution in [0.4, 0.5) is 5.82 Å². The molecule has 0 saturated heterocycles. The number of hydrogen-bond acceptors (Lipinski definition) is 5. The standard InChI is InChI=1S/C11H17N5O/c1-2-16(7-8-3-4-8)10-6-13-9(5-14-10)11(12)15-17/h5-6,8,17H,2-4,7H2,1H3,(H2,12,15). The monoisotopic (exact) mass is 235 g/mol. The Morgan fingerprint density at radius 1 is 1.53 bits per heavy atom. The summed E-state index contributed by atoms with van der Waals surface area (Å²) >= 11 is 0. The quantitative estimate of drug-likeness (QED) is 0.341. The summed E-state index contributed by atoms with van der Waals surface area (Å²) in [5.74, 6) is 1.63. The molecule has 1 fully saturated rings. The Bertz CT molecular complexity index is 399. The molecule has 1 aliphatic rings. The molecule has 92 valence electrons. The maximum Gasteiger partial charge on any atom is 0.190 e. The molecule has 1 aromatic heterocycles. The van der Waals surface area contributed by atoms with Gasteiger partial charge in [0.05, 0.1) is 12.4 Å². The van der Waals surface area contributed by atoms with Crippen LogP contribution in [-0.4, -0.2) is 34.1 Å². The second kappa shape index (κ2) is 4.99. The van der Waals surface area contributed by atoms with Gasteiger partial charge >= 0.3 is 0 Å². The molecule has 0 aliphatic heterocycles. The van der Waals surface area contributed by atoms with Crippen LogP contribution in [0.5, 0.6) is 0 Å². The summed E-state index contributed by atoms with van der Waals surface area (Å²) in [5.41, 5.74) is 5.82. The lowest BCUT2D eigenvalue weighted by molar-refractivity contribution is 0.318. The number of oxime groups is 1. The minimum atomic E-state index is -0.0192. The fourth-order valence-electron chi connectivity index (χ4n) is 1.66. The Morgan fingerprint density at radius 3 is 2.76 bits per heavy atom. The van der Waals surface area contributed by atoms with Crippen LogP contribution in [0.25, 0.3) is 0 Å². The van der Waals surface area contributed by atoms with Crippen molar-refractivity contribution in [3.63, 3.8) is 0 Å². The zero-order valence-electron chi connectivity index (χ0n) is 9.87. The summed E-state index contributed by atoms with van der Waals surface area (Å²) in [4.78, 5) is 10.6. The van der Waals surface area contributed by atoms with Crippen molar-refractivity contribution in [3.8, 4) is 0 Å². The van der Waals surface area contributed by atoms with Crippen LogP contribution in [-0.2, 0) is 0 Å². The van der Waals surface area contributed by atoms with E-state index in [-0.39, 0.29) is 5.84 Å². The van der Waals surface area contributed by atoms with Gasteiger partial charge in [0.15, 0.2) is 5.84 Å². The number of nitrogens with zero attached hydrogens (tertiary/aromatic N) is 4. The van der Waals surface area contributed by atoms with Crippen LogP contribution in [0.1, 0.15) is 25.5 Å². The van der Waals surface area contributed by atoms with E-state index >= 15 is 0 Å². The van der Waals surface area contributed by atoms with Gasteiger partial charge in [0, 0.05) is 13.1 Å². The molecule has 0 atom stereocenters. The van der Waals surface area contributed by atoms with E-state index in [1.807, 2.05) is 0 Å². The van der Waals surface area contributed by atoms with Crippen LogP contribution in [0, 0.1) is 5.92 Å². The maximum atomic E-state index is 8.52. The van der Waals surface area contributed by atoms with E-state index in [0.29, 0.717) is 5.69 Å². The van der Waals surface area contributed by atoms with Crippen LogP contribution in [0.3, 0.4) is 0 Å². The fraction of sp³-hybridized carbons (Fsp3) is 0.545. The third kappa shape index (κ3) is 2.83. The van der Waals surface area contributed by atoms with Gasteiger partial charge in [-0.2, -0.15) is 0 Å². The topological polar surface area (TPSA) is 87.6 Å². The largest absolute Gasteiger partial charge is 0.409 e. The van der Waals surface area contributed by atoms with Crippen molar-refractivity contribution < 1.29 is 5.21 Å². The molecule has 0 unspecified atom stereocenters. The third-order valence-electron chi connectivity index (χ3n) is 2.89. The van der Waals surface area contributed by atoms with Gasteiger partial charge in [-0.05, 0) is 25.7 Å². The first-order valence-corrected chi connectivity index (χ1v) is 5.79. The van der Waals surface area contributed by atoms with Crippen molar-refractivity contribution in [2.24, 2.45) is 16.8 Å². The van der Waals surface area contributed by atoms with Gasteiger partial charge in [-0.15, -0.1) is 0 Å². The van der Waals surface area contributed by atoms with E-state index in [4.69, 9.17) is 10.9 Å². The highest BCUT2D eigenvalue weighted by Gasteiger charge is 2.24. The number of rotatable bonds is 5. The first kappa shape index (κ1) is 11.6. The zero-order chi connectivity index (χ0) is 12.3. The van der Waals surface area contributed by atoms with Gasteiger partial charge in [0.1, 0.15) is 11.5 Å². The summed E-state index contributed by atoms with van der Waals surface area (Å²) in [6, 6.07) is 0. The van der Waals surface area contributed by atoms with Crippen LogP contribution >= 0.6 is 0 Å². The number of anilines is 1. The Morgan fingerprint density at radius 2 is 2.29 bits per heavy atom.